The molecule has 0 saturated heterocycles. The molecule has 3 N–H and O–H groups in total. The van der Waals surface area contributed by atoms with Crippen LogP contribution in [0, 0.1) is 0 Å². The van der Waals surface area contributed by atoms with Gasteiger partial charge in [0.25, 0.3) is 0 Å². The number of nitrogens with one attached hydrogen (secondary N) is 1. The number of rotatable bonds is 59. The summed E-state index contributed by atoms with van der Waals surface area (Å²) < 4.78 is 5.48. The molecule has 0 saturated carbocycles. The minimum Gasteiger partial charge on any atom is -0.466 e. The number of hydrogen-bond acceptors (Lipinski definition) is 5. The van der Waals surface area contributed by atoms with E-state index in [0.29, 0.717) is 25.9 Å². The van der Waals surface area contributed by atoms with Crippen LogP contribution in [0.15, 0.2) is 12.2 Å². The standard InChI is InChI=1S/C63H123NO5/c1-3-5-7-9-11-13-15-17-19-20-25-28-31-35-39-43-47-51-55-61(66)60(59-65)64-62(67)56-52-48-44-40-36-32-29-26-23-21-22-24-27-30-34-38-42-46-50-54-58-69-63(68)57-53-49-45-41-37-33-18-16-14-12-10-8-6-4-2/h16,18,60-61,65-66H,3-15,17,19-59H2,1-2H3,(H,64,67)/b18-16-. The fourth-order valence-electron chi connectivity index (χ4n) is 9.99. The van der Waals surface area contributed by atoms with Crippen molar-refractivity contribution in [2.45, 2.75) is 366 Å². The third kappa shape index (κ3) is 55.8. The summed E-state index contributed by atoms with van der Waals surface area (Å²) in [6.45, 7) is 4.96. The maximum atomic E-state index is 12.5. The van der Waals surface area contributed by atoms with Gasteiger partial charge >= 0.3 is 5.97 Å². The molecule has 0 bridgehead atoms. The molecule has 0 aromatic carbocycles. The van der Waals surface area contributed by atoms with Gasteiger partial charge in [-0.15, -0.1) is 0 Å². The number of carbonyl (C=O) groups is 2. The minimum absolute atomic E-state index is 0.00295. The average Bonchev–Trinajstić information content (AvgIpc) is 3.35. The molecular formula is C63H123NO5. The van der Waals surface area contributed by atoms with Crippen molar-refractivity contribution in [3.63, 3.8) is 0 Å². The van der Waals surface area contributed by atoms with Gasteiger partial charge in [-0.2, -0.15) is 0 Å². The lowest BCUT2D eigenvalue weighted by Gasteiger charge is -2.22. The van der Waals surface area contributed by atoms with Crippen molar-refractivity contribution < 1.29 is 24.5 Å². The second-order valence-electron chi connectivity index (χ2n) is 21.7. The molecule has 69 heavy (non-hydrogen) atoms. The Balaban J connectivity index is 3.39. The van der Waals surface area contributed by atoms with Crippen LogP contribution in [0.5, 0.6) is 0 Å². The lowest BCUT2D eigenvalue weighted by Crippen LogP contribution is -2.45. The fourth-order valence-corrected chi connectivity index (χ4v) is 9.99. The Morgan fingerprint density at radius 2 is 0.681 bits per heavy atom. The summed E-state index contributed by atoms with van der Waals surface area (Å²) in [5, 5.41) is 23.3. The fraction of sp³-hybridized carbons (Fsp3) is 0.937. The number of allylic oxidation sites excluding steroid dienone is 2. The van der Waals surface area contributed by atoms with E-state index < -0.39 is 12.1 Å². The highest BCUT2D eigenvalue weighted by Crippen LogP contribution is 2.18. The monoisotopic (exact) mass is 974 g/mol. The van der Waals surface area contributed by atoms with Crippen molar-refractivity contribution in [3.8, 4) is 0 Å². The molecular weight excluding hydrogens is 851 g/mol. The normalized spacial score (nSPS) is 12.6. The Bertz CT molecular complexity index is 1030. The van der Waals surface area contributed by atoms with E-state index in [2.05, 4.69) is 31.3 Å². The van der Waals surface area contributed by atoms with Crippen LogP contribution in [0.4, 0.5) is 0 Å². The van der Waals surface area contributed by atoms with Crippen LogP contribution in [0.2, 0.25) is 0 Å². The third-order valence-corrected chi connectivity index (χ3v) is 14.8. The summed E-state index contributed by atoms with van der Waals surface area (Å²) in [4.78, 5) is 24.6. The summed E-state index contributed by atoms with van der Waals surface area (Å²) in [6, 6.07) is -0.543. The molecule has 0 fully saturated rings. The lowest BCUT2D eigenvalue weighted by molar-refractivity contribution is -0.143. The summed E-state index contributed by atoms with van der Waals surface area (Å²) in [5.74, 6) is -0.0306. The second kappa shape index (κ2) is 59.2. The molecule has 1 amide bonds. The Morgan fingerprint density at radius 1 is 0.391 bits per heavy atom. The molecule has 0 heterocycles. The second-order valence-corrected chi connectivity index (χ2v) is 21.7. The first kappa shape index (κ1) is 67.6. The number of ether oxygens (including phenoxy) is 1. The summed E-state index contributed by atoms with van der Waals surface area (Å²) >= 11 is 0. The van der Waals surface area contributed by atoms with Crippen molar-refractivity contribution in [2.24, 2.45) is 0 Å². The molecule has 6 nitrogen and oxygen atoms in total. The van der Waals surface area contributed by atoms with E-state index in [1.54, 1.807) is 0 Å². The molecule has 0 aliphatic carbocycles. The van der Waals surface area contributed by atoms with Gasteiger partial charge in [0, 0.05) is 12.8 Å². The first-order chi connectivity index (χ1) is 34.0. The number of unbranched alkanes of at least 4 members (excludes halogenated alkanes) is 46. The van der Waals surface area contributed by atoms with Gasteiger partial charge in [-0.3, -0.25) is 9.59 Å². The molecule has 0 rings (SSSR count). The van der Waals surface area contributed by atoms with Crippen LogP contribution in [0.25, 0.3) is 0 Å². The predicted octanol–water partition coefficient (Wildman–Crippen LogP) is 19.6. The molecule has 6 heteroatoms. The highest BCUT2D eigenvalue weighted by atomic mass is 16.5. The van der Waals surface area contributed by atoms with Gasteiger partial charge in [0.2, 0.25) is 5.91 Å². The molecule has 0 aliphatic heterocycles. The van der Waals surface area contributed by atoms with Crippen LogP contribution >= 0.6 is 0 Å². The van der Waals surface area contributed by atoms with Crippen molar-refractivity contribution in [1.29, 1.82) is 0 Å². The molecule has 2 atom stereocenters. The van der Waals surface area contributed by atoms with Crippen LogP contribution < -0.4 is 5.32 Å². The molecule has 2 unspecified atom stereocenters. The van der Waals surface area contributed by atoms with Crippen LogP contribution in [-0.4, -0.2) is 47.4 Å². The lowest BCUT2D eigenvalue weighted by atomic mass is 10.0. The maximum absolute atomic E-state index is 12.5. The van der Waals surface area contributed by atoms with E-state index >= 15 is 0 Å². The Labute approximate surface area is 431 Å². The van der Waals surface area contributed by atoms with Gasteiger partial charge in [0.05, 0.1) is 25.4 Å². The highest BCUT2D eigenvalue weighted by molar-refractivity contribution is 5.76. The quantitative estimate of drug-likeness (QED) is 0.0321. The molecule has 410 valence electrons. The van der Waals surface area contributed by atoms with E-state index in [9.17, 15) is 19.8 Å². The smallest absolute Gasteiger partial charge is 0.305 e. The van der Waals surface area contributed by atoms with E-state index in [0.717, 1.165) is 44.9 Å². The van der Waals surface area contributed by atoms with E-state index in [1.165, 1.54) is 276 Å². The largest absolute Gasteiger partial charge is 0.466 e. The molecule has 0 aromatic rings. The average molecular weight is 975 g/mol. The zero-order chi connectivity index (χ0) is 50.0. The Hall–Kier alpha value is -1.40. The van der Waals surface area contributed by atoms with Crippen LogP contribution in [-0.2, 0) is 14.3 Å². The van der Waals surface area contributed by atoms with Crippen LogP contribution in [0.1, 0.15) is 354 Å². The maximum Gasteiger partial charge on any atom is 0.305 e. The Morgan fingerprint density at radius 3 is 1.03 bits per heavy atom. The number of amides is 1. The molecule has 0 radical (unpaired) electrons. The molecule has 0 spiro atoms. The van der Waals surface area contributed by atoms with E-state index in [1.807, 2.05) is 0 Å². The van der Waals surface area contributed by atoms with Gasteiger partial charge in [-0.1, -0.05) is 302 Å². The molecule has 0 aliphatic rings. The summed E-state index contributed by atoms with van der Waals surface area (Å²) in [5.41, 5.74) is 0. The molecule has 0 aromatic heterocycles. The SMILES string of the molecule is CCCCCCC/C=C\CCCCCCCC(=O)OCCCCCCCCCCCCCCCCCCCCCCC(=O)NC(CO)C(O)CCCCCCCCCCCCCCCCCCCC. The van der Waals surface area contributed by atoms with Gasteiger partial charge in [-0.25, -0.2) is 0 Å². The van der Waals surface area contributed by atoms with E-state index in [4.69, 9.17) is 4.74 Å². The number of carbonyl (C=O) groups excluding carboxylic acids is 2. The summed E-state index contributed by atoms with van der Waals surface area (Å²) in [6.07, 6.45) is 70.7. The first-order valence-corrected chi connectivity index (χ1v) is 31.4. The zero-order valence-corrected chi connectivity index (χ0v) is 46.8. The Kier molecular flexibility index (Phi) is 58.0. The number of esters is 1. The predicted molar refractivity (Wildman–Crippen MR) is 301 cm³/mol. The van der Waals surface area contributed by atoms with E-state index in [-0.39, 0.29) is 18.5 Å². The number of hydrogen-bond donors (Lipinski definition) is 3. The third-order valence-electron chi connectivity index (χ3n) is 14.8. The van der Waals surface area contributed by atoms with Gasteiger partial charge < -0.3 is 20.3 Å². The van der Waals surface area contributed by atoms with Crippen molar-refractivity contribution >= 4 is 11.9 Å². The minimum atomic E-state index is -0.665. The van der Waals surface area contributed by atoms with Gasteiger partial charge in [0.15, 0.2) is 0 Å². The zero-order valence-electron chi connectivity index (χ0n) is 46.8. The number of aliphatic hydroxyl groups is 2. The first-order valence-electron chi connectivity index (χ1n) is 31.4. The van der Waals surface area contributed by atoms with Crippen molar-refractivity contribution in [3.05, 3.63) is 12.2 Å². The summed E-state index contributed by atoms with van der Waals surface area (Å²) in [7, 11) is 0. The van der Waals surface area contributed by atoms with Crippen molar-refractivity contribution in [2.75, 3.05) is 13.2 Å². The topological polar surface area (TPSA) is 95.9 Å². The van der Waals surface area contributed by atoms with Gasteiger partial charge in [0.1, 0.15) is 0 Å². The highest BCUT2D eigenvalue weighted by Gasteiger charge is 2.20. The number of aliphatic hydroxyl groups excluding tert-OH is 2. The van der Waals surface area contributed by atoms with Gasteiger partial charge in [-0.05, 0) is 51.4 Å². The van der Waals surface area contributed by atoms with Crippen LogP contribution in [0.3, 0.4) is 0 Å². The van der Waals surface area contributed by atoms with Crippen molar-refractivity contribution in [1.82, 2.24) is 5.32 Å².